The van der Waals surface area contributed by atoms with Crippen LogP contribution in [0.4, 0.5) is 5.69 Å². The Balaban J connectivity index is 2.22. The van der Waals surface area contributed by atoms with Crippen molar-refractivity contribution in [2.75, 3.05) is 5.73 Å². The number of hydrogen-bond acceptors (Lipinski definition) is 5. The standard InChI is InChI=1S/C10H10BrN5O/c1-16-14-10(13-15-16)5-9(17)7-4-6(11)2-3-8(7)12/h2-4H,5,12H2,1H3. The molecule has 0 atom stereocenters. The maximum absolute atomic E-state index is 12.0. The minimum atomic E-state index is -0.128. The molecule has 2 aromatic rings. The number of tetrazole rings is 1. The summed E-state index contributed by atoms with van der Waals surface area (Å²) in [5.41, 5.74) is 6.66. The van der Waals surface area contributed by atoms with Crippen LogP contribution in [-0.4, -0.2) is 26.0 Å². The van der Waals surface area contributed by atoms with Gasteiger partial charge in [0.15, 0.2) is 11.6 Å². The summed E-state index contributed by atoms with van der Waals surface area (Å²) in [6.45, 7) is 0. The molecular weight excluding hydrogens is 286 g/mol. The van der Waals surface area contributed by atoms with Gasteiger partial charge in [-0.3, -0.25) is 4.79 Å². The predicted molar refractivity (Wildman–Crippen MR) is 65.4 cm³/mol. The Morgan fingerprint density at radius 2 is 2.29 bits per heavy atom. The number of aryl methyl sites for hydroxylation is 1. The van der Waals surface area contributed by atoms with Gasteiger partial charge in [0.2, 0.25) is 0 Å². The van der Waals surface area contributed by atoms with Gasteiger partial charge >= 0.3 is 0 Å². The molecule has 7 heteroatoms. The molecule has 0 unspecified atom stereocenters. The molecule has 0 spiro atoms. The predicted octanol–water partition coefficient (Wildman–Crippen LogP) is 0.980. The number of hydrogen-bond donors (Lipinski definition) is 1. The summed E-state index contributed by atoms with van der Waals surface area (Å²) < 4.78 is 0.808. The van der Waals surface area contributed by atoms with Gasteiger partial charge in [-0.05, 0) is 23.4 Å². The maximum atomic E-state index is 12.0. The molecule has 2 rings (SSSR count). The molecule has 0 aliphatic carbocycles. The zero-order valence-corrected chi connectivity index (χ0v) is 10.7. The van der Waals surface area contributed by atoms with Gasteiger partial charge in [0.25, 0.3) is 0 Å². The normalized spacial score (nSPS) is 10.5. The number of halogens is 1. The average molecular weight is 296 g/mol. The van der Waals surface area contributed by atoms with Crippen molar-refractivity contribution in [1.29, 1.82) is 0 Å². The second kappa shape index (κ2) is 4.62. The van der Waals surface area contributed by atoms with Crippen LogP contribution >= 0.6 is 15.9 Å². The van der Waals surface area contributed by atoms with E-state index in [1.807, 2.05) is 0 Å². The first-order valence-electron chi connectivity index (χ1n) is 4.87. The summed E-state index contributed by atoms with van der Waals surface area (Å²) in [5.74, 6) is 0.258. The van der Waals surface area contributed by atoms with Gasteiger partial charge in [-0.25, -0.2) is 0 Å². The van der Waals surface area contributed by atoms with Gasteiger partial charge in [-0.1, -0.05) is 15.9 Å². The lowest BCUT2D eigenvalue weighted by molar-refractivity contribution is 0.0991. The van der Waals surface area contributed by atoms with E-state index in [-0.39, 0.29) is 12.2 Å². The summed E-state index contributed by atoms with van der Waals surface area (Å²) in [4.78, 5) is 13.3. The van der Waals surface area contributed by atoms with E-state index in [9.17, 15) is 4.79 Å². The lowest BCUT2D eigenvalue weighted by Crippen LogP contribution is -2.08. The molecule has 1 aromatic heterocycles. The molecular formula is C10H10BrN5O. The van der Waals surface area contributed by atoms with Gasteiger partial charge < -0.3 is 5.73 Å². The van der Waals surface area contributed by atoms with Crippen LogP contribution in [0, 0.1) is 0 Å². The fourth-order valence-corrected chi connectivity index (χ4v) is 1.76. The first-order valence-corrected chi connectivity index (χ1v) is 5.66. The number of nitrogen functional groups attached to an aromatic ring is 1. The second-order valence-corrected chi connectivity index (χ2v) is 4.44. The number of carbonyl (C=O) groups excluding carboxylic acids is 1. The summed E-state index contributed by atoms with van der Waals surface area (Å²) in [6, 6.07) is 5.15. The van der Waals surface area contributed by atoms with Crippen LogP contribution in [-0.2, 0) is 13.5 Å². The second-order valence-electron chi connectivity index (χ2n) is 3.53. The van der Waals surface area contributed by atoms with E-state index >= 15 is 0 Å². The number of Topliss-reactive ketones (excluding diaryl/α,β-unsaturated/α-hetero) is 1. The Labute approximate surface area is 106 Å². The van der Waals surface area contributed by atoms with Crippen molar-refractivity contribution in [3.8, 4) is 0 Å². The van der Waals surface area contributed by atoms with Crippen LogP contribution in [0.3, 0.4) is 0 Å². The summed E-state index contributed by atoms with van der Waals surface area (Å²) in [5, 5.41) is 11.4. The lowest BCUT2D eigenvalue weighted by Gasteiger charge is -2.03. The number of nitrogens with zero attached hydrogens (tertiary/aromatic N) is 4. The number of carbonyl (C=O) groups is 1. The zero-order valence-electron chi connectivity index (χ0n) is 9.09. The van der Waals surface area contributed by atoms with Crippen molar-refractivity contribution in [3.63, 3.8) is 0 Å². The minimum absolute atomic E-state index is 0.0918. The number of ketones is 1. The molecule has 0 radical (unpaired) electrons. The third-order valence-corrected chi connectivity index (χ3v) is 2.68. The third-order valence-electron chi connectivity index (χ3n) is 2.18. The lowest BCUT2D eigenvalue weighted by atomic mass is 10.1. The van der Waals surface area contributed by atoms with Crippen molar-refractivity contribution >= 4 is 27.4 Å². The zero-order chi connectivity index (χ0) is 12.4. The largest absolute Gasteiger partial charge is 0.398 e. The molecule has 6 nitrogen and oxygen atoms in total. The van der Waals surface area contributed by atoms with Gasteiger partial charge in [0, 0.05) is 15.7 Å². The number of anilines is 1. The summed E-state index contributed by atoms with van der Waals surface area (Å²) in [6.07, 6.45) is 0.0918. The topological polar surface area (TPSA) is 86.7 Å². The van der Waals surface area contributed by atoms with Gasteiger partial charge in [-0.15, -0.1) is 10.2 Å². The molecule has 2 N–H and O–H groups in total. The van der Waals surface area contributed by atoms with Crippen LogP contribution in [0.2, 0.25) is 0 Å². The Bertz CT molecular complexity index is 566. The number of nitrogens with two attached hydrogens (primary N) is 1. The highest BCUT2D eigenvalue weighted by Crippen LogP contribution is 2.19. The molecule has 1 heterocycles. The van der Waals surface area contributed by atoms with E-state index in [2.05, 4.69) is 31.3 Å². The maximum Gasteiger partial charge on any atom is 0.182 e. The van der Waals surface area contributed by atoms with E-state index in [1.54, 1.807) is 25.2 Å². The van der Waals surface area contributed by atoms with Crippen molar-refractivity contribution in [1.82, 2.24) is 20.2 Å². The summed E-state index contributed by atoms with van der Waals surface area (Å²) in [7, 11) is 1.65. The van der Waals surface area contributed by atoms with Crippen LogP contribution in [0.15, 0.2) is 22.7 Å². The van der Waals surface area contributed by atoms with E-state index in [1.165, 1.54) is 4.80 Å². The van der Waals surface area contributed by atoms with Gasteiger partial charge in [-0.2, -0.15) is 4.80 Å². The highest BCUT2D eigenvalue weighted by Gasteiger charge is 2.13. The average Bonchev–Trinajstić information content (AvgIpc) is 2.67. The van der Waals surface area contributed by atoms with Crippen molar-refractivity contribution in [2.45, 2.75) is 6.42 Å². The third kappa shape index (κ3) is 2.68. The highest BCUT2D eigenvalue weighted by molar-refractivity contribution is 9.10. The SMILES string of the molecule is Cn1nnc(CC(=O)c2cc(Br)ccc2N)n1. The molecule has 1 aromatic carbocycles. The molecule has 0 aliphatic rings. The molecule has 0 amide bonds. The molecule has 0 fully saturated rings. The van der Waals surface area contributed by atoms with E-state index in [4.69, 9.17) is 5.73 Å². The monoisotopic (exact) mass is 295 g/mol. The van der Waals surface area contributed by atoms with Crippen molar-refractivity contribution in [3.05, 3.63) is 34.1 Å². The summed E-state index contributed by atoms with van der Waals surface area (Å²) >= 11 is 3.30. The van der Waals surface area contributed by atoms with E-state index in [0.29, 0.717) is 17.1 Å². The van der Waals surface area contributed by atoms with E-state index in [0.717, 1.165) is 4.47 Å². The first kappa shape index (κ1) is 11.7. The number of benzene rings is 1. The first-order chi connectivity index (χ1) is 8.06. The van der Waals surface area contributed by atoms with E-state index < -0.39 is 0 Å². The van der Waals surface area contributed by atoms with Gasteiger partial charge in [0.1, 0.15) is 0 Å². The van der Waals surface area contributed by atoms with Gasteiger partial charge in [0.05, 0.1) is 13.5 Å². The molecule has 0 aliphatic heterocycles. The molecule has 0 bridgehead atoms. The van der Waals surface area contributed by atoms with Crippen molar-refractivity contribution in [2.24, 2.45) is 7.05 Å². The smallest absolute Gasteiger partial charge is 0.182 e. The van der Waals surface area contributed by atoms with Crippen LogP contribution < -0.4 is 5.73 Å². The van der Waals surface area contributed by atoms with Crippen LogP contribution in [0.5, 0.6) is 0 Å². The van der Waals surface area contributed by atoms with Crippen LogP contribution in [0.25, 0.3) is 0 Å². The van der Waals surface area contributed by atoms with Crippen molar-refractivity contribution < 1.29 is 4.79 Å². The Morgan fingerprint density at radius 1 is 1.53 bits per heavy atom. The molecule has 17 heavy (non-hydrogen) atoms. The highest BCUT2D eigenvalue weighted by atomic mass is 79.9. The molecule has 0 saturated carbocycles. The fourth-order valence-electron chi connectivity index (χ4n) is 1.40. The minimum Gasteiger partial charge on any atom is -0.398 e. The Kier molecular flexibility index (Phi) is 3.19. The molecule has 0 saturated heterocycles. The quantitative estimate of drug-likeness (QED) is 0.674. The Hall–Kier alpha value is -1.76. The number of aromatic nitrogens is 4. The molecule has 88 valence electrons. The Morgan fingerprint density at radius 3 is 2.94 bits per heavy atom. The number of rotatable bonds is 3. The fraction of sp³-hybridized carbons (Fsp3) is 0.200. The van der Waals surface area contributed by atoms with Crippen LogP contribution in [0.1, 0.15) is 16.2 Å².